The molecule has 2 atom stereocenters. The molecule has 1 heterocycles. The fourth-order valence-corrected chi connectivity index (χ4v) is 3.75. The second-order valence-electron chi connectivity index (χ2n) is 7.03. The third-order valence-electron chi connectivity index (χ3n) is 5.21. The molecule has 0 bridgehead atoms. The van der Waals surface area contributed by atoms with E-state index in [0.29, 0.717) is 6.04 Å². The number of halogens is 1. The predicted octanol–water partition coefficient (Wildman–Crippen LogP) is 3.35. The molecule has 1 aliphatic carbocycles. The quantitative estimate of drug-likeness (QED) is 0.633. The Morgan fingerprint density at radius 3 is 2.67 bits per heavy atom. The number of hydrogen-bond donors (Lipinski definition) is 2. The van der Waals surface area contributed by atoms with Crippen LogP contribution in [0.2, 0.25) is 5.02 Å². The summed E-state index contributed by atoms with van der Waals surface area (Å²) >= 11 is 6.52. The normalized spacial score (nSPS) is 26.0. The van der Waals surface area contributed by atoms with Gasteiger partial charge in [-0.15, -0.1) is 0 Å². The van der Waals surface area contributed by atoms with E-state index in [1.54, 1.807) is 0 Å². The molecular formula is C19H28ClN3O. The minimum Gasteiger partial charge on any atom is -0.381 e. The van der Waals surface area contributed by atoms with Crippen LogP contribution in [0.25, 0.3) is 0 Å². The molecule has 0 amide bonds. The van der Waals surface area contributed by atoms with Crippen LogP contribution in [0.15, 0.2) is 29.3 Å². The standard InChI is InChI=1S/C19H28ClN3O/c1-3-21-18(23-17-12-14(17)2)22-13-19(8-10-24-11-9-19)15-6-4-5-7-16(15)20/h4-7,14,17H,3,8-13H2,1-2H3,(H2,21,22,23). The number of guanidine groups is 1. The van der Waals surface area contributed by atoms with Crippen molar-refractivity contribution in [2.24, 2.45) is 10.9 Å². The van der Waals surface area contributed by atoms with Crippen molar-refractivity contribution in [2.75, 3.05) is 26.3 Å². The lowest BCUT2D eigenvalue weighted by Crippen LogP contribution is -2.42. The molecule has 1 saturated heterocycles. The average Bonchev–Trinajstić information content (AvgIpc) is 3.29. The van der Waals surface area contributed by atoms with Crippen LogP contribution in [0.4, 0.5) is 0 Å². The number of benzene rings is 1. The Morgan fingerprint density at radius 1 is 1.33 bits per heavy atom. The monoisotopic (exact) mass is 349 g/mol. The first-order chi connectivity index (χ1) is 11.6. The zero-order chi connectivity index (χ0) is 17.0. The van der Waals surface area contributed by atoms with E-state index in [9.17, 15) is 0 Å². The van der Waals surface area contributed by atoms with Crippen molar-refractivity contribution in [3.8, 4) is 0 Å². The maximum Gasteiger partial charge on any atom is 0.191 e. The molecule has 1 aromatic rings. The van der Waals surface area contributed by atoms with Crippen molar-refractivity contribution < 1.29 is 4.74 Å². The molecule has 2 fully saturated rings. The first-order valence-electron chi connectivity index (χ1n) is 9.02. The van der Waals surface area contributed by atoms with E-state index in [4.69, 9.17) is 21.3 Å². The zero-order valence-electron chi connectivity index (χ0n) is 14.6. The molecule has 1 saturated carbocycles. The summed E-state index contributed by atoms with van der Waals surface area (Å²) in [5.41, 5.74) is 1.17. The van der Waals surface area contributed by atoms with Gasteiger partial charge < -0.3 is 15.4 Å². The van der Waals surface area contributed by atoms with E-state index in [0.717, 1.165) is 56.0 Å². The number of nitrogens with one attached hydrogen (secondary N) is 2. The zero-order valence-corrected chi connectivity index (χ0v) is 15.4. The van der Waals surface area contributed by atoms with Crippen LogP contribution in [-0.4, -0.2) is 38.3 Å². The van der Waals surface area contributed by atoms with Crippen molar-refractivity contribution in [3.63, 3.8) is 0 Å². The fourth-order valence-electron chi connectivity index (χ4n) is 3.42. The van der Waals surface area contributed by atoms with Gasteiger partial charge >= 0.3 is 0 Å². The lowest BCUT2D eigenvalue weighted by Gasteiger charge is -2.37. The van der Waals surface area contributed by atoms with Gasteiger partial charge in [0.25, 0.3) is 0 Å². The van der Waals surface area contributed by atoms with Crippen molar-refractivity contribution in [3.05, 3.63) is 34.9 Å². The molecule has 0 radical (unpaired) electrons. The summed E-state index contributed by atoms with van der Waals surface area (Å²) in [6.07, 6.45) is 3.15. The summed E-state index contributed by atoms with van der Waals surface area (Å²) in [5.74, 6) is 1.67. The third kappa shape index (κ3) is 4.04. The number of rotatable bonds is 5. The Balaban J connectivity index is 1.80. The molecular weight excluding hydrogens is 322 g/mol. The molecule has 2 aliphatic rings. The van der Waals surface area contributed by atoms with E-state index in [1.165, 1.54) is 12.0 Å². The van der Waals surface area contributed by atoms with Gasteiger partial charge in [0.05, 0.1) is 6.54 Å². The fraction of sp³-hybridized carbons (Fsp3) is 0.632. The summed E-state index contributed by atoms with van der Waals surface area (Å²) in [4.78, 5) is 4.92. The number of nitrogens with zero attached hydrogens (tertiary/aromatic N) is 1. The summed E-state index contributed by atoms with van der Waals surface area (Å²) < 4.78 is 5.61. The SMILES string of the molecule is CCNC(=NCC1(c2ccccc2Cl)CCOCC1)NC1CC1C. The number of aliphatic imine (C=N–C) groups is 1. The highest BCUT2D eigenvalue weighted by Gasteiger charge is 2.37. The highest BCUT2D eigenvalue weighted by atomic mass is 35.5. The van der Waals surface area contributed by atoms with Crippen molar-refractivity contribution in [1.82, 2.24) is 10.6 Å². The topological polar surface area (TPSA) is 45.7 Å². The molecule has 132 valence electrons. The third-order valence-corrected chi connectivity index (χ3v) is 5.54. The highest BCUT2D eigenvalue weighted by Crippen LogP contribution is 2.39. The van der Waals surface area contributed by atoms with Crippen LogP contribution in [0.1, 0.15) is 38.7 Å². The lowest BCUT2D eigenvalue weighted by molar-refractivity contribution is 0.0531. The molecule has 2 N–H and O–H groups in total. The summed E-state index contributed by atoms with van der Waals surface area (Å²) in [6.45, 7) is 7.51. The predicted molar refractivity (Wildman–Crippen MR) is 99.9 cm³/mol. The molecule has 1 aromatic carbocycles. The van der Waals surface area contributed by atoms with Gasteiger partial charge in [0.15, 0.2) is 5.96 Å². The van der Waals surface area contributed by atoms with Crippen LogP contribution in [0.3, 0.4) is 0 Å². The molecule has 0 aromatic heterocycles. The second-order valence-corrected chi connectivity index (χ2v) is 7.44. The lowest BCUT2D eigenvalue weighted by atomic mass is 9.74. The molecule has 1 aliphatic heterocycles. The van der Waals surface area contributed by atoms with Gasteiger partial charge in [-0.3, -0.25) is 4.99 Å². The van der Waals surface area contributed by atoms with Gasteiger partial charge in [0.2, 0.25) is 0 Å². The molecule has 24 heavy (non-hydrogen) atoms. The van der Waals surface area contributed by atoms with E-state index < -0.39 is 0 Å². The van der Waals surface area contributed by atoms with Crippen LogP contribution in [0.5, 0.6) is 0 Å². The van der Waals surface area contributed by atoms with E-state index >= 15 is 0 Å². The summed E-state index contributed by atoms with van der Waals surface area (Å²) in [7, 11) is 0. The van der Waals surface area contributed by atoms with E-state index in [1.807, 2.05) is 12.1 Å². The van der Waals surface area contributed by atoms with Gasteiger partial charge in [-0.2, -0.15) is 0 Å². The summed E-state index contributed by atoms with van der Waals surface area (Å²) in [6, 6.07) is 8.74. The average molecular weight is 350 g/mol. The largest absolute Gasteiger partial charge is 0.381 e. The van der Waals surface area contributed by atoms with E-state index in [-0.39, 0.29) is 5.41 Å². The van der Waals surface area contributed by atoms with Gasteiger partial charge in [-0.1, -0.05) is 36.7 Å². The Bertz CT molecular complexity index is 584. The van der Waals surface area contributed by atoms with Gasteiger partial charge in [-0.05, 0) is 43.7 Å². The Kier molecular flexibility index (Phi) is 5.67. The molecule has 3 rings (SSSR count). The summed E-state index contributed by atoms with van der Waals surface area (Å²) in [5, 5.41) is 7.75. The van der Waals surface area contributed by atoms with Crippen LogP contribution in [0, 0.1) is 5.92 Å². The minimum absolute atomic E-state index is 0.0336. The highest BCUT2D eigenvalue weighted by molar-refractivity contribution is 6.31. The van der Waals surface area contributed by atoms with Crippen LogP contribution >= 0.6 is 11.6 Å². The van der Waals surface area contributed by atoms with Crippen molar-refractivity contribution >= 4 is 17.6 Å². The smallest absolute Gasteiger partial charge is 0.191 e. The van der Waals surface area contributed by atoms with Crippen molar-refractivity contribution in [1.29, 1.82) is 0 Å². The first-order valence-corrected chi connectivity index (χ1v) is 9.40. The van der Waals surface area contributed by atoms with Crippen LogP contribution < -0.4 is 10.6 Å². The number of hydrogen-bond acceptors (Lipinski definition) is 2. The van der Waals surface area contributed by atoms with Crippen molar-refractivity contribution in [2.45, 2.75) is 44.6 Å². The molecule has 2 unspecified atom stereocenters. The van der Waals surface area contributed by atoms with Gasteiger partial charge in [-0.25, -0.2) is 0 Å². The van der Waals surface area contributed by atoms with Gasteiger partial charge in [0.1, 0.15) is 0 Å². The Hall–Kier alpha value is -1.26. The maximum atomic E-state index is 6.52. The first kappa shape index (κ1) is 17.6. The Labute approximate surface area is 150 Å². The van der Waals surface area contributed by atoms with Gasteiger partial charge in [0, 0.05) is 36.2 Å². The number of ether oxygens (including phenoxy) is 1. The molecule has 0 spiro atoms. The van der Waals surface area contributed by atoms with Crippen LogP contribution in [-0.2, 0) is 10.2 Å². The maximum absolute atomic E-state index is 6.52. The molecule has 5 heteroatoms. The van der Waals surface area contributed by atoms with E-state index in [2.05, 4.69) is 36.6 Å². The second kappa shape index (κ2) is 7.75. The molecule has 4 nitrogen and oxygen atoms in total. The Morgan fingerprint density at radius 2 is 2.04 bits per heavy atom. The minimum atomic E-state index is -0.0336.